The molecule has 0 saturated carbocycles. The maximum atomic E-state index is 12.0. The number of carboxylic acid groups (broad SMARTS) is 1. The summed E-state index contributed by atoms with van der Waals surface area (Å²) in [5, 5.41) is 19.1. The minimum absolute atomic E-state index is 0.0771. The Morgan fingerprint density at radius 1 is 1.00 bits per heavy atom. The molecular weight excluding hydrogens is 370 g/mol. The lowest BCUT2D eigenvalue weighted by atomic mass is 10.0. The van der Waals surface area contributed by atoms with Crippen LogP contribution in [0.5, 0.6) is 0 Å². The van der Waals surface area contributed by atoms with E-state index in [2.05, 4.69) is 6.92 Å². The van der Waals surface area contributed by atoms with E-state index in [9.17, 15) is 19.7 Å². The highest BCUT2D eigenvalue weighted by Crippen LogP contribution is 2.16. The second-order valence-electron chi connectivity index (χ2n) is 6.54. The summed E-state index contributed by atoms with van der Waals surface area (Å²) in [6.45, 7) is 3.81. The predicted octanol–water partition coefficient (Wildman–Crippen LogP) is 5.81. The van der Waals surface area contributed by atoms with Crippen molar-refractivity contribution in [2.24, 2.45) is 0 Å². The van der Waals surface area contributed by atoms with Gasteiger partial charge in [-0.3, -0.25) is 14.9 Å². The number of carbonyl (C=O) groups is 2. The summed E-state index contributed by atoms with van der Waals surface area (Å²) < 4.78 is 0. The van der Waals surface area contributed by atoms with Crippen LogP contribution < -0.4 is 0 Å². The van der Waals surface area contributed by atoms with Gasteiger partial charge in [0.1, 0.15) is 0 Å². The molecule has 0 aliphatic rings. The number of ketones is 1. The highest BCUT2D eigenvalue weighted by Gasteiger charge is 2.12. The lowest BCUT2D eigenvalue weighted by Gasteiger charge is -2.00. The summed E-state index contributed by atoms with van der Waals surface area (Å²) in [5.41, 5.74) is 1.23. The van der Waals surface area contributed by atoms with Crippen molar-refractivity contribution >= 4 is 17.4 Å². The molecule has 0 spiro atoms. The van der Waals surface area contributed by atoms with Crippen molar-refractivity contribution in [2.75, 3.05) is 0 Å². The molecule has 29 heavy (non-hydrogen) atoms. The van der Waals surface area contributed by atoms with Gasteiger partial charge < -0.3 is 5.11 Å². The number of nitro groups is 1. The third-order valence-corrected chi connectivity index (χ3v) is 4.20. The second-order valence-corrected chi connectivity index (χ2v) is 6.54. The molecule has 0 unspecified atom stereocenters. The number of benzene rings is 2. The number of unbranched alkanes of at least 4 members (excludes halogenated alkanes) is 4. The van der Waals surface area contributed by atoms with Crippen molar-refractivity contribution in [3.63, 3.8) is 0 Å². The summed E-state index contributed by atoms with van der Waals surface area (Å²) in [6.07, 6.45) is 7.50. The first-order valence-electron chi connectivity index (χ1n) is 9.61. The molecule has 1 N–H and O–H groups in total. The van der Waals surface area contributed by atoms with Gasteiger partial charge in [0.25, 0.3) is 5.69 Å². The van der Waals surface area contributed by atoms with Crippen LogP contribution in [0.2, 0.25) is 0 Å². The number of carbonyl (C=O) groups excluding carboxylic acids is 1. The van der Waals surface area contributed by atoms with Gasteiger partial charge in [0.15, 0.2) is 5.78 Å². The molecule has 0 radical (unpaired) electrons. The Morgan fingerprint density at radius 2 is 1.66 bits per heavy atom. The molecule has 2 aromatic carbocycles. The van der Waals surface area contributed by atoms with Gasteiger partial charge in [-0.25, -0.2) is 4.79 Å². The number of hydrogen-bond donors (Lipinski definition) is 1. The molecule has 2 aromatic rings. The Hall–Kier alpha value is -3.28. The summed E-state index contributed by atoms with van der Waals surface area (Å²) in [6, 6.07) is 14.4. The third-order valence-electron chi connectivity index (χ3n) is 4.20. The summed E-state index contributed by atoms with van der Waals surface area (Å²) in [7, 11) is 0. The van der Waals surface area contributed by atoms with Gasteiger partial charge in [0.2, 0.25) is 0 Å². The van der Waals surface area contributed by atoms with E-state index in [1.807, 2.05) is 6.07 Å². The van der Waals surface area contributed by atoms with E-state index in [1.54, 1.807) is 43.3 Å². The molecule has 0 bridgehead atoms. The molecule has 0 atom stereocenters. The molecule has 0 heterocycles. The zero-order valence-corrected chi connectivity index (χ0v) is 16.8. The average Bonchev–Trinajstić information content (AvgIpc) is 2.74. The van der Waals surface area contributed by atoms with Crippen LogP contribution in [0.25, 0.3) is 0 Å². The topological polar surface area (TPSA) is 97.5 Å². The predicted molar refractivity (Wildman–Crippen MR) is 113 cm³/mol. The van der Waals surface area contributed by atoms with Crippen molar-refractivity contribution in [2.45, 2.75) is 46.0 Å². The van der Waals surface area contributed by atoms with Gasteiger partial charge >= 0.3 is 5.97 Å². The van der Waals surface area contributed by atoms with Crippen molar-refractivity contribution in [3.05, 3.63) is 87.5 Å². The minimum atomic E-state index is -0.800. The van der Waals surface area contributed by atoms with Crippen LogP contribution in [-0.4, -0.2) is 21.8 Å². The van der Waals surface area contributed by atoms with Gasteiger partial charge in [0.05, 0.1) is 4.92 Å². The molecule has 0 amide bonds. The third kappa shape index (κ3) is 8.97. The maximum Gasteiger partial charge on any atom is 0.330 e. The van der Waals surface area contributed by atoms with Crippen molar-refractivity contribution in [1.82, 2.24) is 0 Å². The van der Waals surface area contributed by atoms with E-state index in [4.69, 9.17) is 5.11 Å². The van der Waals surface area contributed by atoms with E-state index < -0.39 is 10.9 Å². The van der Waals surface area contributed by atoms with Crippen LogP contribution in [0.4, 0.5) is 5.69 Å². The quantitative estimate of drug-likeness (QED) is 0.189. The molecule has 0 aliphatic carbocycles. The Kier molecular flexibility index (Phi) is 10.6. The average molecular weight is 397 g/mol. The Morgan fingerprint density at radius 3 is 2.24 bits per heavy atom. The Bertz CT molecular complexity index is 843. The monoisotopic (exact) mass is 397 g/mol. The Balaban J connectivity index is 0.000000311. The number of aliphatic carboxylic acids is 1. The summed E-state index contributed by atoms with van der Waals surface area (Å²) in [4.78, 5) is 32.4. The van der Waals surface area contributed by atoms with Crippen LogP contribution in [0.1, 0.15) is 61.9 Å². The molecule has 0 saturated heterocycles. The van der Waals surface area contributed by atoms with E-state index in [-0.39, 0.29) is 11.5 Å². The molecular formula is C23H27NO5. The van der Waals surface area contributed by atoms with Gasteiger partial charge in [-0.1, -0.05) is 74.7 Å². The number of nitrogens with zero attached hydrogens (tertiary/aromatic N) is 1. The number of non-ortho nitro benzene ring substituents is 1. The fourth-order valence-electron chi connectivity index (χ4n) is 2.49. The Labute approximate surface area is 171 Å². The number of nitro benzene ring substituents is 1. The first kappa shape index (κ1) is 23.8. The molecule has 0 fully saturated rings. The first-order valence-corrected chi connectivity index (χ1v) is 9.61. The fraction of sp³-hybridized carbons (Fsp3) is 0.304. The molecule has 6 heteroatoms. The highest BCUT2D eigenvalue weighted by atomic mass is 16.6. The standard InChI is InChI=1S/C13H9NO3.C10H18O2/c15-13(10-5-2-1-3-6-10)11-7-4-8-12(9-11)14(16)17;1-3-4-5-6-7-8-9(2)10(11)12/h1-9H;8H,3-7H2,1-2H3,(H,11,12). The number of hydrogen-bond acceptors (Lipinski definition) is 4. The maximum absolute atomic E-state index is 12.0. The smallest absolute Gasteiger partial charge is 0.330 e. The highest BCUT2D eigenvalue weighted by molar-refractivity contribution is 6.09. The normalized spacial score (nSPS) is 10.6. The van der Waals surface area contributed by atoms with Crippen LogP contribution in [0, 0.1) is 10.1 Å². The minimum Gasteiger partial charge on any atom is -0.478 e. The van der Waals surface area contributed by atoms with Crippen molar-refractivity contribution in [1.29, 1.82) is 0 Å². The zero-order chi connectivity index (χ0) is 21.6. The zero-order valence-electron chi connectivity index (χ0n) is 16.8. The van der Waals surface area contributed by atoms with Gasteiger partial charge in [-0.2, -0.15) is 0 Å². The molecule has 0 aromatic heterocycles. The largest absolute Gasteiger partial charge is 0.478 e. The molecule has 2 rings (SSSR count). The van der Waals surface area contributed by atoms with Crippen LogP contribution in [0.15, 0.2) is 66.2 Å². The number of carboxylic acids is 1. The van der Waals surface area contributed by atoms with Crippen LogP contribution >= 0.6 is 0 Å². The van der Waals surface area contributed by atoms with E-state index >= 15 is 0 Å². The lowest BCUT2D eigenvalue weighted by molar-refractivity contribution is -0.384. The van der Waals surface area contributed by atoms with Gasteiger partial charge in [-0.05, 0) is 19.8 Å². The fourth-order valence-corrected chi connectivity index (χ4v) is 2.49. The van der Waals surface area contributed by atoms with E-state index in [0.717, 1.165) is 12.8 Å². The number of allylic oxidation sites excluding steroid dienone is 1. The van der Waals surface area contributed by atoms with Gasteiger partial charge in [0, 0.05) is 28.8 Å². The summed E-state index contributed by atoms with van der Waals surface area (Å²) >= 11 is 0. The van der Waals surface area contributed by atoms with Crippen LogP contribution in [0.3, 0.4) is 0 Å². The van der Waals surface area contributed by atoms with E-state index in [0.29, 0.717) is 16.7 Å². The lowest BCUT2D eigenvalue weighted by Crippen LogP contribution is -2.01. The van der Waals surface area contributed by atoms with Crippen molar-refractivity contribution < 1.29 is 19.6 Å². The van der Waals surface area contributed by atoms with Gasteiger partial charge in [-0.15, -0.1) is 0 Å². The van der Waals surface area contributed by atoms with Crippen molar-refractivity contribution in [3.8, 4) is 0 Å². The van der Waals surface area contributed by atoms with E-state index in [1.165, 1.54) is 37.5 Å². The molecule has 0 aliphatic heterocycles. The molecule has 154 valence electrons. The SMILES string of the molecule is CCCCCCC=C(C)C(=O)O.O=C(c1ccccc1)c1cccc([N+](=O)[O-])c1. The molecule has 6 nitrogen and oxygen atoms in total. The number of rotatable bonds is 9. The van der Waals surface area contributed by atoms with Crippen LogP contribution in [-0.2, 0) is 4.79 Å². The summed E-state index contributed by atoms with van der Waals surface area (Å²) in [5.74, 6) is -1.01. The second kappa shape index (κ2) is 13.0. The first-order chi connectivity index (χ1) is 13.9.